The molecule has 1 aromatic carbocycles. The average Bonchev–Trinajstić information content (AvgIpc) is 3.11. The normalized spacial score (nSPS) is 21.1. The molecule has 2 heterocycles. The molecule has 1 N–H and O–H groups in total. The van der Waals surface area contributed by atoms with Crippen LogP contribution < -0.4 is 4.90 Å². The SMILES string of the molecule is Cc1nnc([C@H]2C[C@@H](O)CN2c2ccc(C#N)c(C(F)(F)F)c2)o1. The van der Waals surface area contributed by atoms with E-state index >= 15 is 0 Å². The minimum absolute atomic E-state index is 0.134. The highest BCUT2D eigenvalue weighted by Gasteiger charge is 2.38. The smallest absolute Gasteiger partial charge is 0.417 e. The average molecular weight is 338 g/mol. The Hall–Kier alpha value is -2.60. The molecule has 126 valence electrons. The predicted octanol–water partition coefficient (Wildman–Crippen LogP) is 2.58. The van der Waals surface area contributed by atoms with Crippen LogP contribution in [0.25, 0.3) is 0 Å². The number of rotatable bonds is 2. The number of anilines is 1. The van der Waals surface area contributed by atoms with Gasteiger partial charge in [0.15, 0.2) is 0 Å². The summed E-state index contributed by atoms with van der Waals surface area (Å²) in [5, 5.41) is 26.4. The maximum atomic E-state index is 13.1. The van der Waals surface area contributed by atoms with Gasteiger partial charge in [-0.15, -0.1) is 10.2 Å². The Labute approximate surface area is 135 Å². The molecule has 0 amide bonds. The molecule has 1 aliphatic heterocycles. The number of alkyl halides is 3. The monoisotopic (exact) mass is 338 g/mol. The number of aliphatic hydroxyl groups is 1. The maximum absolute atomic E-state index is 13.1. The van der Waals surface area contributed by atoms with Crippen molar-refractivity contribution in [1.82, 2.24) is 10.2 Å². The van der Waals surface area contributed by atoms with Crippen molar-refractivity contribution in [2.75, 3.05) is 11.4 Å². The Balaban J connectivity index is 2.02. The third kappa shape index (κ3) is 2.92. The molecule has 1 fully saturated rings. The minimum atomic E-state index is -4.64. The van der Waals surface area contributed by atoms with Gasteiger partial charge in [0.2, 0.25) is 11.8 Å². The van der Waals surface area contributed by atoms with Crippen LogP contribution in [0.3, 0.4) is 0 Å². The number of benzene rings is 1. The van der Waals surface area contributed by atoms with Crippen LogP contribution >= 0.6 is 0 Å². The third-order valence-corrected chi connectivity index (χ3v) is 3.87. The van der Waals surface area contributed by atoms with Gasteiger partial charge in [-0.2, -0.15) is 18.4 Å². The van der Waals surface area contributed by atoms with Gasteiger partial charge in [-0.1, -0.05) is 0 Å². The molecule has 0 bridgehead atoms. The van der Waals surface area contributed by atoms with Crippen LogP contribution in [0.1, 0.15) is 35.4 Å². The first-order chi connectivity index (χ1) is 11.3. The molecular formula is C15H13F3N4O2. The molecule has 6 nitrogen and oxygen atoms in total. The van der Waals surface area contributed by atoms with E-state index in [1.807, 2.05) is 0 Å². The standard InChI is InChI=1S/C15H13F3N4O2/c1-8-20-21-14(24-8)13-5-11(23)7-22(13)10-3-2-9(6-19)12(4-10)15(16,17)18/h2-4,11,13,23H,5,7H2,1H3/t11-,13-/m1/s1. The molecule has 0 aliphatic carbocycles. The Morgan fingerprint density at radius 2 is 2.12 bits per heavy atom. The van der Waals surface area contributed by atoms with Gasteiger partial charge in [-0.3, -0.25) is 0 Å². The van der Waals surface area contributed by atoms with E-state index in [2.05, 4.69) is 10.2 Å². The van der Waals surface area contributed by atoms with Crippen LogP contribution in [0, 0.1) is 18.3 Å². The molecule has 9 heteroatoms. The summed E-state index contributed by atoms with van der Waals surface area (Å²) in [4.78, 5) is 1.58. The summed E-state index contributed by atoms with van der Waals surface area (Å²) < 4.78 is 44.8. The lowest BCUT2D eigenvalue weighted by Crippen LogP contribution is -2.25. The number of halogens is 3. The molecular weight excluding hydrogens is 325 g/mol. The Bertz CT molecular complexity index is 797. The fourth-order valence-corrected chi connectivity index (χ4v) is 2.82. The van der Waals surface area contributed by atoms with Crippen molar-refractivity contribution in [3.63, 3.8) is 0 Å². The molecule has 1 saturated heterocycles. The first-order valence-electron chi connectivity index (χ1n) is 7.15. The lowest BCUT2D eigenvalue weighted by Gasteiger charge is -2.25. The second-order valence-corrected chi connectivity index (χ2v) is 5.56. The molecule has 1 aliphatic rings. The van der Waals surface area contributed by atoms with Crippen LogP contribution in [-0.4, -0.2) is 28.0 Å². The number of nitrogens with zero attached hydrogens (tertiary/aromatic N) is 4. The van der Waals surface area contributed by atoms with Gasteiger partial charge in [0, 0.05) is 25.6 Å². The fourth-order valence-electron chi connectivity index (χ4n) is 2.82. The van der Waals surface area contributed by atoms with Crippen molar-refractivity contribution in [2.45, 2.75) is 31.7 Å². The molecule has 3 rings (SSSR count). The number of hydrogen-bond donors (Lipinski definition) is 1. The highest BCUT2D eigenvalue weighted by Crippen LogP contribution is 2.39. The number of aliphatic hydroxyl groups excluding tert-OH is 1. The quantitative estimate of drug-likeness (QED) is 0.906. The zero-order valence-electron chi connectivity index (χ0n) is 12.6. The van der Waals surface area contributed by atoms with Gasteiger partial charge < -0.3 is 14.4 Å². The van der Waals surface area contributed by atoms with E-state index in [0.717, 1.165) is 12.1 Å². The van der Waals surface area contributed by atoms with E-state index in [1.165, 1.54) is 6.07 Å². The van der Waals surface area contributed by atoms with E-state index < -0.39 is 29.4 Å². The summed E-state index contributed by atoms with van der Waals surface area (Å²) in [7, 11) is 0. The van der Waals surface area contributed by atoms with Crippen molar-refractivity contribution in [2.24, 2.45) is 0 Å². The lowest BCUT2D eigenvalue weighted by molar-refractivity contribution is -0.137. The van der Waals surface area contributed by atoms with Crippen molar-refractivity contribution in [3.05, 3.63) is 41.1 Å². The molecule has 0 unspecified atom stereocenters. The molecule has 0 radical (unpaired) electrons. The molecule has 24 heavy (non-hydrogen) atoms. The van der Waals surface area contributed by atoms with E-state index in [0.29, 0.717) is 5.89 Å². The number of aromatic nitrogens is 2. The summed E-state index contributed by atoms with van der Waals surface area (Å²) >= 11 is 0. The Morgan fingerprint density at radius 3 is 2.71 bits per heavy atom. The number of aryl methyl sites for hydroxylation is 1. The molecule has 2 aromatic rings. The van der Waals surface area contributed by atoms with Crippen LogP contribution in [0.4, 0.5) is 18.9 Å². The maximum Gasteiger partial charge on any atom is 0.417 e. The van der Waals surface area contributed by atoms with Gasteiger partial charge in [0.1, 0.15) is 6.04 Å². The van der Waals surface area contributed by atoms with Crippen molar-refractivity contribution >= 4 is 5.69 Å². The van der Waals surface area contributed by atoms with Gasteiger partial charge >= 0.3 is 6.18 Å². The van der Waals surface area contributed by atoms with Crippen molar-refractivity contribution < 1.29 is 22.7 Å². The lowest BCUT2D eigenvalue weighted by atomic mass is 10.1. The van der Waals surface area contributed by atoms with Crippen LogP contribution in [-0.2, 0) is 6.18 Å². The fraction of sp³-hybridized carbons (Fsp3) is 0.400. The van der Waals surface area contributed by atoms with E-state index in [9.17, 15) is 18.3 Å². The van der Waals surface area contributed by atoms with Gasteiger partial charge in [-0.05, 0) is 18.2 Å². The zero-order valence-corrected chi connectivity index (χ0v) is 12.6. The molecule has 0 saturated carbocycles. The Morgan fingerprint density at radius 1 is 1.38 bits per heavy atom. The summed E-state index contributed by atoms with van der Waals surface area (Å²) in [6.07, 6.45) is -5.11. The van der Waals surface area contributed by atoms with Crippen molar-refractivity contribution in [1.29, 1.82) is 5.26 Å². The zero-order chi connectivity index (χ0) is 17.5. The number of β-amino-alcohol motifs (C(OH)–C–C–N with tert-alkyl or cyclic N) is 1. The minimum Gasteiger partial charge on any atom is -0.423 e. The Kier molecular flexibility index (Phi) is 3.93. The summed E-state index contributed by atoms with van der Waals surface area (Å²) in [6, 6.07) is 4.48. The van der Waals surface area contributed by atoms with Crippen LogP contribution in [0.5, 0.6) is 0 Å². The van der Waals surface area contributed by atoms with Gasteiger partial charge in [0.25, 0.3) is 0 Å². The topological polar surface area (TPSA) is 86.2 Å². The molecule has 0 spiro atoms. The summed E-state index contributed by atoms with van der Waals surface area (Å²) in [6.45, 7) is 1.74. The first-order valence-corrected chi connectivity index (χ1v) is 7.15. The largest absolute Gasteiger partial charge is 0.423 e. The summed E-state index contributed by atoms with van der Waals surface area (Å²) in [5.74, 6) is 0.573. The van der Waals surface area contributed by atoms with Gasteiger partial charge in [-0.25, -0.2) is 0 Å². The first kappa shape index (κ1) is 16.3. The molecule has 2 atom stereocenters. The van der Waals surface area contributed by atoms with Gasteiger partial charge in [0.05, 0.1) is 23.3 Å². The molecule has 1 aromatic heterocycles. The number of nitriles is 1. The van der Waals surface area contributed by atoms with Crippen molar-refractivity contribution in [3.8, 4) is 6.07 Å². The van der Waals surface area contributed by atoms with E-state index in [-0.39, 0.29) is 24.5 Å². The summed E-state index contributed by atoms with van der Waals surface area (Å²) in [5.41, 5.74) is -1.22. The van der Waals surface area contributed by atoms with E-state index in [1.54, 1.807) is 17.9 Å². The highest BCUT2D eigenvalue weighted by molar-refractivity contribution is 5.56. The predicted molar refractivity (Wildman–Crippen MR) is 75.9 cm³/mol. The third-order valence-electron chi connectivity index (χ3n) is 3.87. The van der Waals surface area contributed by atoms with Crippen LogP contribution in [0.2, 0.25) is 0 Å². The number of hydrogen-bond acceptors (Lipinski definition) is 6. The second-order valence-electron chi connectivity index (χ2n) is 5.56. The van der Waals surface area contributed by atoms with Crippen LogP contribution in [0.15, 0.2) is 22.6 Å². The second kappa shape index (κ2) is 5.79. The highest BCUT2D eigenvalue weighted by atomic mass is 19.4. The van der Waals surface area contributed by atoms with E-state index in [4.69, 9.17) is 9.68 Å².